The van der Waals surface area contributed by atoms with Crippen LogP contribution in [0.4, 0.5) is 0 Å². The topological polar surface area (TPSA) is 50.1 Å². The fourth-order valence-corrected chi connectivity index (χ4v) is 0.337. The van der Waals surface area contributed by atoms with E-state index in [-0.39, 0.29) is 11.9 Å². The maximum Gasteiger partial charge on any atom is 0.309 e. The minimum atomic E-state index is -0.630. The van der Waals surface area contributed by atoms with Gasteiger partial charge in [-0.1, -0.05) is 13.8 Å². The van der Waals surface area contributed by atoms with Crippen LogP contribution >= 0.6 is 0 Å². The summed E-state index contributed by atoms with van der Waals surface area (Å²) in [6, 6.07) is 1.81. The monoisotopic (exact) mass is 141 g/mol. The Balaban J connectivity index is 3.71. The van der Waals surface area contributed by atoms with Crippen molar-refractivity contribution in [2.24, 2.45) is 5.92 Å². The normalized spacial score (nSPS) is 12.3. The van der Waals surface area contributed by atoms with Gasteiger partial charge in [0.2, 0.25) is 0 Å². The summed E-state index contributed by atoms with van der Waals surface area (Å²) in [4.78, 5) is 10.7. The van der Waals surface area contributed by atoms with E-state index in [9.17, 15) is 4.79 Å². The maximum absolute atomic E-state index is 10.7. The zero-order valence-electron chi connectivity index (χ0n) is 6.42. The Hall–Kier alpha value is -1.04. The van der Waals surface area contributed by atoms with Crippen molar-refractivity contribution in [3.8, 4) is 6.07 Å². The van der Waals surface area contributed by atoms with Gasteiger partial charge in [0.15, 0.2) is 6.10 Å². The fraction of sp³-hybridized carbons (Fsp3) is 0.714. The lowest BCUT2D eigenvalue weighted by Gasteiger charge is -2.06. The number of esters is 1. The van der Waals surface area contributed by atoms with Gasteiger partial charge in [0.25, 0.3) is 0 Å². The summed E-state index contributed by atoms with van der Waals surface area (Å²) in [5.41, 5.74) is 0. The number of carbonyl (C=O) groups excluding carboxylic acids is 1. The fourth-order valence-electron chi connectivity index (χ4n) is 0.337. The van der Waals surface area contributed by atoms with Crippen molar-refractivity contribution in [3.63, 3.8) is 0 Å². The van der Waals surface area contributed by atoms with Crippen LogP contribution in [0.2, 0.25) is 0 Å². The highest BCUT2D eigenvalue weighted by Gasteiger charge is 2.11. The van der Waals surface area contributed by atoms with Gasteiger partial charge in [0.1, 0.15) is 6.07 Å². The average Bonchev–Trinajstić information content (AvgIpc) is 1.87. The molecular weight excluding hydrogens is 130 g/mol. The van der Waals surface area contributed by atoms with Crippen LogP contribution in [0.15, 0.2) is 0 Å². The third-order valence-corrected chi connectivity index (χ3v) is 0.946. The molecule has 0 bridgehead atoms. The van der Waals surface area contributed by atoms with Crippen LogP contribution in [-0.2, 0) is 9.53 Å². The second-order valence-electron chi connectivity index (χ2n) is 2.36. The van der Waals surface area contributed by atoms with Gasteiger partial charge in [-0.25, -0.2) is 0 Å². The molecule has 0 rings (SSSR count). The average molecular weight is 141 g/mol. The van der Waals surface area contributed by atoms with Gasteiger partial charge in [-0.2, -0.15) is 5.26 Å². The number of hydrogen-bond donors (Lipinski definition) is 0. The number of nitrogens with zero attached hydrogens (tertiary/aromatic N) is 1. The molecular formula is C7H11NO2. The highest BCUT2D eigenvalue weighted by atomic mass is 16.5. The third kappa shape index (κ3) is 3.08. The molecule has 0 amide bonds. The standard InChI is InChI=1S/C7H11NO2/c1-5(2)7(9)10-6(3)4-8/h5-6H,1-3H3. The predicted molar refractivity (Wildman–Crippen MR) is 36.0 cm³/mol. The summed E-state index contributed by atoms with van der Waals surface area (Å²) >= 11 is 0. The Bertz CT molecular complexity index is 157. The molecule has 3 heteroatoms. The van der Waals surface area contributed by atoms with Crippen molar-refractivity contribution in [1.82, 2.24) is 0 Å². The molecule has 0 radical (unpaired) electrons. The molecule has 0 aliphatic heterocycles. The lowest BCUT2D eigenvalue weighted by atomic mass is 10.2. The van der Waals surface area contributed by atoms with Crippen LogP contribution in [0, 0.1) is 17.2 Å². The molecule has 0 aromatic carbocycles. The third-order valence-electron chi connectivity index (χ3n) is 0.946. The van der Waals surface area contributed by atoms with Gasteiger partial charge in [0, 0.05) is 0 Å². The first-order valence-corrected chi connectivity index (χ1v) is 3.18. The minimum absolute atomic E-state index is 0.157. The lowest BCUT2D eigenvalue weighted by Crippen LogP contribution is -2.17. The SMILES string of the molecule is CC(C#N)OC(=O)C(C)C. The van der Waals surface area contributed by atoms with Crippen molar-refractivity contribution in [2.45, 2.75) is 26.9 Å². The molecule has 0 aromatic heterocycles. The van der Waals surface area contributed by atoms with Gasteiger partial charge < -0.3 is 4.74 Å². The minimum Gasteiger partial charge on any atom is -0.447 e. The molecule has 1 atom stereocenters. The zero-order valence-corrected chi connectivity index (χ0v) is 6.42. The molecule has 0 spiro atoms. The van der Waals surface area contributed by atoms with Gasteiger partial charge in [-0.3, -0.25) is 4.79 Å². The number of rotatable bonds is 2. The number of hydrogen-bond acceptors (Lipinski definition) is 3. The molecule has 10 heavy (non-hydrogen) atoms. The quantitative estimate of drug-likeness (QED) is 0.541. The van der Waals surface area contributed by atoms with Gasteiger partial charge in [0.05, 0.1) is 5.92 Å². The van der Waals surface area contributed by atoms with E-state index >= 15 is 0 Å². The van der Waals surface area contributed by atoms with Crippen molar-refractivity contribution in [3.05, 3.63) is 0 Å². The van der Waals surface area contributed by atoms with Crippen molar-refractivity contribution >= 4 is 5.97 Å². The van der Waals surface area contributed by atoms with E-state index in [1.807, 2.05) is 6.07 Å². The van der Waals surface area contributed by atoms with Crippen molar-refractivity contribution in [1.29, 1.82) is 5.26 Å². The van der Waals surface area contributed by atoms with Crippen LogP contribution in [0.25, 0.3) is 0 Å². The molecule has 0 saturated carbocycles. The summed E-state index contributed by atoms with van der Waals surface area (Å²) in [6.45, 7) is 5.00. The molecule has 0 aromatic rings. The molecule has 0 N–H and O–H groups in total. The molecule has 3 nitrogen and oxygen atoms in total. The molecule has 0 aliphatic carbocycles. The van der Waals surface area contributed by atoms with Gasteiger partial charge in [-0.05, 0) is 6.92 Å². The smallest absolute Gasteiger partial charge is 0.309 e. The molecule has 0 fully saturated rings. The number of carbonyl (C=O) groups is 1. The Morgan fingerprint density at radius 2 is 2.00 bits per heavy atom. The first-order chi connectivity index (χ1) is 4.57. The van der Waals surface area contributed by atoms with E-state index < -0.39 is 6.10 Å². The van der Waals surface area contributed by atoms with E-state index in [4.69, 9.17) is 5.26 Å². The number of ether oxygens (including phenoxy) is 1. The summed E-state index contributed by atoms with van der Waals surface area (Å²) in [7, 11) is 0. The van der Waals surface area contributed by atoms with Crippen molar-refractivity contribution < 1.29 is 9.53 Å². The summed E-state index contributed by atoms with van der Waals surface area (Å²) < 4.78 is 4.66. The second kappa shape index (κ2) is 3.89. The molecule has 0 saturated heterocycles. The Morgan fingerprint density at radius 1 is 1.50 bits per heavy atom. The Kier molecular flexibility index (Phi) is 3.48. The van der Waals surface area contributed by atoms with Crippen LogP contribution in [0.1, 0.15) is 20.8 Å². The van der Waals surface area contributed by atoms with Gasteiger partial charge in [-0.15, -0.1) is 0 Å². The Labute approximate surface area is 60.6 Å². The van der Waals surface area contributed by atoms with E-state index in [1.54, 1.807) is 20.8 Å². The lowest BCUT2D eigenvalue weighted by molar-refractivity contribution is -0.149. The molecule has 56 valence electrons. The summed E-state index contributed by atoms with van der Waals surface area (Å²) in [6.07, 6.45) is -0.630. The summed E-state index contributed by atoms with van der Waals surface area (Å²) in [5, 5.41) is 8.24. The van der Waals surface area contributed by atoms with Crippen LogP contribution in [-0.4, -0.2) is 12.1 Å². The molecule has 1 unspecified atom stereocenters. The van der Waals surface area contributed by atoms with E-state index in [0.717, 1.165) is 0 Å². The molecule has 0 heterocycles. The van der Waals surface area contributed by atoms with Crippen LogP contribution < -0.4 is 0 Å². The Morgan fingerprint density at radius 3 is 2.30 bits per heavy atom. The maximum atomic E-state index is 10.7. The van der Waals surface area contributed by atoms with Crippen LogP contribution in [0.5, 0.6) is 0 Å². The van der Waals surface area contributed by atoms with E-state index in [1.165, 1.54) is 0 Å². The summed E-state index contributed by atoms with van der Waals surface area (Å²) in [5.74, 6) is -0.482. The predicted octanol–water partition coefficient (Wildman–Crippen LogP) is 1.10. The number of nitriles is 1. The first-order valence-electron chi connectivity index (χ1n) is 3.18. The van der Waals surface area contributed by atoms with E-state index in [0.29, 0.717) is 0 Å². The zero-order chi connectivity index (χ0) is 8.15. The molecule has 0 aliphatic rings. The van der Waals surface area contributed by atoms with E-state index in [2.05, 4.69) is 4.74 Å². The largest absolute Gasteiger partial charge is 0.447 e. The van der Waals surface area contributed by atoms with Crippen LogP contribution in [0.3, 0.4) is 0 Å². The highest BCUT2D eigenvalue weighted by Crippen LogP contribution is 1.98. The highest BCUT2D eigenvalue weighted by molar-refractivity contribution is 5.71. The van der Waals surface area contributed by atoms with Gasteiger partial charge >= 0.3 is 5.97 Å². The van der Waals surface area contributed by atoms with Crippen molar-refractivity contribution in [2.75, 3.05) is 0 Å². The second-order valence-corrected chi connectivity index (χ2v) is 2.36. The first kappa shape index (κ1) is 8.96.